The van der Waals surface area contributed by atoms with Crippen molar-refractivity contribution in [1.29, 1.82) is 0 Å². The molecule has 1 aromatic rings. The number of hydrogen-bond acceptors (Lipinski definition) is 5. The Bertz CT molecular complexity index is 675. The van der Waals surface area contributed by atoms with Crippen molar-refractivity contribution < 1.29 is 24.2 Å². The zero-order valence-corrected chi connectivity index (χ0v) is 15.6. The Labute approximate surface area is 147 Å². The van der Waals surface area contributed by atoms with E-state index in [1.165, 1.54) is 19.1 Å². The van der Waals surface area contributed by atoms with Gasteiger partial charge in [-0.3, -0.25) is 9.59 Å². The number of ether oxygens (including phenoxy) is 1. The Morgan fingerprint density at radius 2 is 1.76 bits per heavy atom. The van der Waals surface area contributed by atoms with Gasteiger partial charge in [-0.2, -0.15) is 0 Å². The zero-order valence-electron chi connectivity index (χ0n) is 15.6. The van der Waals surface area contributed by atoms with E-state index < -0.39 is 23.0 Å². The second kappa shape index (κ2) is 7.63. The summed E-state index contributed by atoms with van der Waals surface area (Å²) in [6.07, 6.45) is 0.578. The lowest BCUT2D eigenvalue weighted by molar-refractivity contribution is -0.155. The minimum absolute atomic E-state index is 0.0562. The molecule has 138 valence electrons. The fourth-order valence-electron chi connectivity index (χ4n) is 2.15. The topological polar surface area (TPSA) is 106 Å². The number of hydrogen-bond donors (Lipinski definition) is 2. The van der Waals surface area contributed by atoms with Gasteiger partial charge < -0.3 is 15.2 Å². The third kappa shape index (κ3) is 6.91. The smallest absolute Gasteiger partial charge is 0.337 e. The van der Waals surface area contributed by atoms with Gasteiger partial charge in [0, 0.05) is 12.0 Å². The normalized spacial score (nSPS) is 11.8. The van der Waals surface area contributed by atoms with E-state index in [1.54, 1.807) is 34.6 Å². The SMILES string of the molecule is Cc1nc(C(=O)NC(C)(C)CCC(=O)OC(C)(C)C)ccc1C(=O)O. The minimum atomic E-state index is -1.09. The van der Waals surface area contributed by atoms with Crippen LogP contribution >= 0.6 is 0 Å². The van der Waals surface area contributed by atoms with Crippen LogP contribution in [0.3, 0.4) is 0 Å². The van der Waals surface area contributed by atoms with Gasteiger partial charge in [-0.15, -0.1) is 0 Å². The number of aryl methyl sites for hydroxylation is 1. The molecule has 0 saturated heterocycles. The third-order valence-electron chi connectivity index (χ3n) is 3.37. The summed E-state index contributed by atoms with van der Waals surface area (Å²) in [5, 5.41) is 11.8. The van der Waals surface area contributed by atoms with E-state index in [9.17, 15) is 14.4 Å². The summed E-state index contributed by atoms with van der Waals surface area (Å²) >= 11 is 0. The van der Waals surface area contributed by atoms with E-state index in [0.717, 1.165) is 0 Å². The number of aromatic carboxylic acids is 1. The van der Waals surface area contributed by atoms with Gasteiger partial charge in [-0.05, 0) is 60.1 Å². The summed E-state index contributed by atoms with van der Waals surface area (Å²) in [7, 11) is 0. The van der Waals surface area contributed by atoms with E-state index in [2.05, 4.69) is 10.3 Å². The van der Waals surface area contributed by atoms with E-state index in [0.29, 0.717) is 6.42 Å². The fraction of sp³-hybridized carbons (Fsp3) is 0.556. The number of pyridine rings is 1. The summed E-state index contributed by atoms with van der Waals surface area (Å²) in [5.41, 5.74) is -0.729. The van der Waals surface area contributed by atoms with E-state index in [1.807, 2.05) is 0 Å². The Hall–Kier alpha value is -2.44. The number of carbonyl (C=O) groups excluding carboxylic acids is 2. The number of carboxylic acids is 1. The fourth-order valence-corrected chi connectivity index (χ4v) is 2.15. The molecule has 0 radical (unpaired) electrons. The third-order valence-corrected chi connectivity index (χ3v) is 3.37. The highest BCUT2D eigenvalue weighted by Crippen LogP contribution is 2.16. The van der Waals surface area contributed by atoms with Crippen LogP contribution in [0, 0.1) is 6.92 Å². The number of carbonyl (C=O) groups is 3. The van der Waals surface area contributed by atoms with Gasteiger partial charge in [0.2, 0.25) is 0 Å². The molecule has 0 bridgehead atoms. The van der Waals surface area contributed by atoms with Crippen molar-refractivity contribution in [2.45, 2.75) is 65.5 Å². The van der Waals surface area contributed by atoms with Gasteiger partial charge in [-0.25, -0.2) is 9.78 Å². The maximum absolute atomic E-state index is 12.3. The number of nitrogens with zero attached hydrogens (tertiary/aromatic N) is 1. The molecule has 2 N–H and O–H groups in total. The van der Waals surface area contributed by atoms with Gasteiger partial charge in [0.05, 0.1) is 11.3 Å². The molecule has 0 fully saturated rings. The number of nitrogens with one attached hydrogen (secondary N) is 1. The van der Waals surface area contributed by atoms with Crippen molar-refractivity contribution in [3.8, 4) is 0 Å². The molecule has 25 heavy (non-hydrogen) atoms. The van der Waals surface area contributed by atoms with E-state index >= 15 is 0 Å². The molecule has 1 rings (SSSR count). The molecule has 1 aromatic heterocycles. The highest BCUT2D eigenvalue weighted by molar-refractivity contribution is 5.94. The van der Waals surface area contributed by atoms with Crippen molar-refractivity contribution >= 4 is 17.8 Å². The van der Waals surface area contributed by atoms with Crippen LogP contribution in [0.2, 0.25) is 0 Å². The van der Waals surface area contributed by atoms with Crippen molar-refractivity contribution in [2.24, 2.45) is 0 Å². The second-order valence-corrected chi connectivity index (χ2v) is 7.56. The summed E-state index contributed by atoms with van der Waals surface area (Å²) in [6.45, 7) is 10.5. The molecule has 7 heteroatoms. The van der Waals surface area contributed by atoms with Gasteiger partial charge in [0.25, 0.3) is 5.91 Å². The molecule has 0 aliphatic rings. The highest BCUT2D eigenvalue weighted by atomic mass is 16.6. The second-order valence-electron chi connectivity index (χ2n) is 7.56. The quantitative estimate of drug-likeness (QED) is 0.764. The van der Waals surface area contributed by atoms with Crippen molar-refractivity contribution in [1.82, 2.24) is 10.3 Å². The van der Waals surface area contributed by atoms with Crippen LogP contribution < -0.4 is 5.32 Å². The van der Waals surface area contributed by atoms with Crippen LogP contribution in [-0.4, -0.2) is 39.1 Å². The monoisotopic (exact) mass is 350 g/mol. The maximum atomic E-state index is 12.3. The average molecular weight is 350 g/mol. The molecule has 1 heterocycles. The predicted octanol–water partition coefficient (Wildman–Crippen LogP) is 2.72. The van der Waals surface area contributed by atoms with Gasteiger partial charge in [0.15, 0.2) is 0 Å². The predicted molar refractivity (Wildman–Crippen MR) is 92.6 cm³/mol. The van der Waals surface area contributed by atoms with E-state index in [-0.39, 0.29) is 29.3 Å². The molecule has 0 aromatic carbocycles. The molecule has 0 atom stereocenters. The Morgan fingerprint density at radius 1 is 1.16 bits per heavy atom. The standard InChI is InChI=1S/C18H26N2O5/c1-11-12(16(23)24)7-8-13(19-11)15(22)20-18(5,6)10-9-14(21)25-17(2,3)4/h7-8H,9-10H2,1-6H3,(H,20,22)(H,23,24). The Morgan fingerprint density at radius 3 is 2.24 bits per heavy atom. The lowest BCUT2D eigenvalue weighted by Crippen LogP contribution is -2.44. The Balaban J connectivity index is 2.70. The first kappa shape index (κ1) is 20.6. The molecule has 0 aliphatic heterocycles. The minimum Gasteiger partial charge on any atom is -0.478 e. The molecule has 0 saturated carbocycles. The molecular formula is C18H26N2O5. The van der Waals surface area contributed by atoms with Crippen molar-refractivity contribution in [3.05, 3.63) is 29.1 Å². The first-order valence-electron chi connectivity index (χ1n) is 8.06. The van der Waals surface area contributed by atoms with Crippen LogP contribution in [0.25, 0.3) is 0 Å². The van der Waals surface area contributed by atoms with Crippen LogP contribution in [0.4, 0.5) is 0 Å². The average Bonchev–Trinajstić information content (AvgIpc) is 2.42. The lowest BCUT2D eigenvalue weighted by atomic mass is 9.98. The first-order chi connectivity index (χ1) is 11.3. The number of rotatable bonds is 6. The summed E-state index contributed by atoms with van der Waals surface area (Å²) in [4.78, 5) is 39.2. The molecule has 0 spiro atoms. The highest BCUT2D eigenvalue weighted by Gasteiger charge is 2.25. The summed E-state index contributed by atoms with van der Waals surface area (Å²) < 4.78 is 5.25. The largest absolute Gasteiger partial charge is 0.478 e. The first-order valence-corrected chi connectivity index (χ1v) is 8.06. The number of carboxylic acid groups (broad SMARTS) is 1. The molecule has 7 nitrogen and oxygen atoms in total. The van der Waals surface area contributed by atoms with Crippen LogP contribution in [0.1, 0.15) is 74.0 Å². The van der Waals surface area contributed by atoms with Gasteiger partial charge in [0.1, 0.15) is 11.3 Å². The van der Waals surface area contributed by atoms with Crippen molar-refractivity contribution in [3.63, 3.8) is 0 Å². The zero-order chi connectivity index (χ0) is 19.4. The van der Waals surface area contributed by atoms with Crippen molar-refractivity contribution in [2.75, 3.05) is 0 Å². The summed E-state index contributed by atoms with van der Waals surface area (Å²) in [6, 6.07) is 2.73. The van der Waals surface area contributed by atoms with Crippen LogP contribution in [0.5, 0.6) is 0 Å². The maximum Gasteiger partial charge on any atom is 0.337 e. The van der Waals surface area contributed by atoms with Crippen LogP contribution in [-0.2, 0) is 9.53 Å². The van der Waals surface area contributed by atoms with Crippen LogP contribution in [0.15, 0.2) is 12.1 Å². The van der Waals surface area contributed by atoms with E-state index in [4.69, 9.17) is 9.84 Å². The lowest BCUT2D eigenvalue weighted by Gasteiger charge is -2.27. The number of aromatic nitrogens is 1. The van der Waals surface area contributed by atoms with Gasteiger partial charge in [-0.1, -0.05) is 0 Å². The van der Waals surface area contributed by atoms with Gasteiger partial charge >= 0.3 is 11.9 Å². The number of esters is 1. The number of amides is 1. The molecule has 0 unspecified atom stereocenters. The molecule has 1 amide bonds. The molecule has 0 aliphatic carbocycles. The molecular weight excluding hydrogens is 324 g/mol. The Kier molecular flexibility index (Phi) is 6.29. The summed E-state index contributed by atoms with van der Waals surface area (Å²) in [5.74, 6) is -1.83.